The van der Waals surface area contributed by atoms with E-state index in [4.69, 9.17) is 0 Å². The molecule has 0 aliphatic carbocycles. The number of para-hydroxylation sites is 4. The Morgan fingerprint density at radius 1 is 0.257 bits per heavy atom. The van der Waals surface area contributed by atoms with Crippen LogP contribution in [0.15, 0.2) is 273 Å². The van der Waals surface area contributed by atoms with Crippen LogP contribution in [0.25, 0.3) is 93.6 Å². The highest BCUT2D eigenvalue weighted by Gasteiger charge is 2.43. The van der Waals surface area contributed by atoms with Crippen LogP contribution in [-0.4, -0.2) is 21.8 Å². The molecule has 0 amide bonds. The first kappa shape index (κ1) is 40.1. The van der Waals surface area contributed by atoms with Gasteiger partial charge in [-0.15, -0.1) is 0 Å². The number of aromatic nitrogens is 3. The Kier molecular flexibility index (Phi) is 9.23. The van der Waals surface area contributed by atoms with E-state index in [-0.39, 0.29) is 0 Å². The van der Waals surface area contributed by atoms with E-state index >= 15 is 0 Å². The minimum absolute atomic E-state index is 1.11. The van der Waals surface area contributed by atoms with Crippen molar-refractivity contribution in [2.24, 2.45) is 0 Å². The average molecular weight is 908 g/mol. The molecule has 0 unspecified atom stereocenters. The van der Waals surface area contributed by atoms with Crippen LogP contribution in [0, 0.1) is 0 Å². The van der Waals surface area contributed by atoms with Crippen molar-refractivity contribution in [2.75, 3.05) is 0 Å². The zero-order valence-corrected chi connectivity index (χ0v) is 39.3. The summed E-state index contributed by atoms with van der Waals surface area (Å²) in [6.07, 6.45) is 0. The Morgan fingerprint density at radius 2 is 0.686 bits per heavy atom. The molecule has 0 saturated carbocycles. The van der Waals surface area contributed by atoms with Gasteiger partial charge in [0, 0.05) is 43.6 Å². The van der Waals surface area contributed by atoms with Crippen molar-refractivity contribution in [3.8, 4) is 28.2 Å². The van der Waals surface area contributed by atoms with Crippen molar-refractivity contribution in [3.63, 3.8) is 0 Å². The maximum atomic E-state index is 2.52. The van der Waals surface area contributed by atoms with E-state index in [1.54, 1.807) is 0 Å². The van der Waals surface area contributed by atoms with E-state index in [9.17, 15) is 0 Å². The Bertz CT molecular complexity index is 4130. The Labute approximate surface area is 407 Å². The van der Waals surface area contributed by atoms with Gasteiger partial charge in [0.05, 0.1) is 44.5 Å². The van der Waals surface area contributed by atoms with Gasteiger partial charge in [-0.2, -0.15) is 0 Å². The zero-order chi connectivity index (χ0) is 46.2. The van der Waals surface area contributed by atoms with Gasteiger partial charge < -0.3 is 13.7 Å². The minimum Gasteiger partial charge on any atom is -0.309 e. The highest BCUT2D eigenvalue weighted by atomic mass is 28.3. The fourth-order valence-corrected chi connectivity index (χ4v) is 17.0. The molecule has 0 aliphatic heterocycles. The number of rotatable bonds is 8. The molecule has 14 rings (SSSR count). The fraction of sp³-hybridized carbons (Fsp3) is 0. The van der Waals surface area contributed by atoms with E-state index in [1.807, 2.05) is 0 Å². The molecule has 0 spiro atoms. The number of benzene rings is 11. The first-order chi connectivity index (χ1) is 34.8. The molecule has 0 saturated heterocycles. The van der Waals surface area contributed by atoms with Crippen LogP contribution in [0.3, 0.4) is 0 Å². The van der Waals surface area contributed by atoms with Gasteiger partial charge in [0.15, 0.2) is 8.07 Å². The minimum atomic E-state index is -2.92. The van der Waals surface area contributed by atoms with Gasteiger partial charge >= 0.3 is 0 Å². The van der Waals surface area contributed by atoms with Crippen LogP contribution in [0.5, 0.6) is 0 Å². The molecule has 0 radical (unpaired) electrons. The molecule has 0 bridgehead atoms. The summed E-state index contributed by atoms with van der Waals surface area (Å²) in [6, 6.07) is 101. The Balaban J connectivity index is 1.10. The molecule has 4 heteroatoms. The third-order valence-electron chi connectivity index (χ3n) is 14.8. The monoisotopic (exact) mass is 907 g/mol. The molecule has 3 aromatic heterocycles. The lowest BCUT2D eigenvalue weighted by Crippen LogP contribution is -2.74. The summed E-state index contributed by atoms with van der Waals surface area (Å²) in [5.74, 6) is 0. The van der Waals surface area contributed by atoms with Crippen LogP contribution in [-0.2, 0) is 0 Å². The molecule has 3 heterocycles. The fourth-order valence-electron chi connectivity index (χ4n) is 12.0. The summed E-state index contributed by atoms with van der Waals surface area (Å²) in [6.45, 7) is 0. The molecule has 0 aliphatic rings. The van der Waals surface area contributed by atoms with Crippen molar-refractivity contribution in [1.29, 1.82) is 0 Å². The van der Waals surface area contributed by atoms with E-state index in [0.717, 1.165) is 28.1 Å². The normalized spacial score (nSPS) is 12.0. The summed E-state index contributed by atoms with van der Waals surface area (Å²) in [4.78, 5) is 0. The van der Waals surface area contributed by atoms with E-state index in [1.165, 1.54) is 86.3 Å². The van der Waals surface area contributed by atoms with Crippen LogP contribution < -0.4 is 20.7 Å². The van der Waals surface area contributed by atoms with Crippen LogP contribution in [0.4, 0.5) is 0 Å². The number of nitrogens with zero attached hydrogens (tertiary/aromatic N) is 3. The van der Waals surface area contributed by atoms with Crippen molar-refractivity contribution < 1.29 is 0 Å². The van der Waals surface area contributed by atoms with E-state index < -0.39 is 8.07 Å². The second-order valence-electron chi connectivity index (χ2n) is 18.4. The van der Waals surface area contributed by atoms with Gasteiger partial charge in [-0.25, -0.2) is 0 Å². The smallest absolute Gasteiger partial charge is 0.180 e. The molecular formula is C66H45N3Si. The Morgan fingerprint density at radius 3 is 1.30 bits per heavy atom. The van der Waals surface area contributed by atoms with Gasteiger partial charge in [0.1, 0.15) is 0 Å². The lowest BCUT2D eigenvalue weighted by Gasteiger charge is -2.35. The predicted octanol–water partition coefficient (Wildman–Crippen LogP) is 14.0. The first-order valence-corrected chi connectivity index (χ1v) is 26.2. The van der Waals surface area contributed by atoms with Gasteiger partial charge in [-0.05, 0) is 80.9 Å². The van der Waals surface area contributed by atoms with E-state index in [0.29, 0.717) is 0 Å². The number of fused-ring (bicyclic) bond motifs is 9. The van der Waals surface area contributed by atoms with Gasteiger partial charge in [0.25, 0.3) is 0 Å². The van der Waals surface area contributed by atoms with Gasteiger partial charge in [0.2, 0.25) is 0 Å². The number of hydrogen-bond acceptors (Lipinski definition) is 0. The van der Waals surface area contributed by atoms with Crippen LogP contribution in [0.1, 0.15) is 0 Å². The van der Waals surface area contributed by atoms with Crippen molar-refractivity contribution in [3.05, 3.63) is 273 Å². The molecule has 11 aromatic carbocycles. The zero-order valence-electron chi connectivity index (χ0n) is 38.3. The topological polar surface area (TPSA) is 14.8 Å². The van der Waals surface area contributed by atoms with Crippen LogP contribution >= 0.6 is 0 Å². The second kappa shape index (κ2) is 16.1. The summed E-state index contributed by atoms with van der Waals surface area (Å²) in [5.41, 5.74) is 12.8. The summed E-state index contributed by atoms with van der Waals surface area (Å²) < 4.78 is 7.52. The summed E-state index contributed by atoms with van der Waals surface area (Å²) in [5, 5.41) is 12.9. The van der Waals surface area contributed by atoms with E-state index in [2.05, 4.69) is 287 Å². The maximum absolute atomic E-state index is 2.92. The van der Waals surface area contributed by atoms with Gasteiger partial charge in [-0.3, -0.25) is 0 Å². The molecule has 0 fully saturated rings. The van der Waals surface area contributed by atoms with Crippen molar-refractivity contribution in [2.45, 2.75) is 0 Å². The molecule has 14 aromatic rings. The maximum Gasteiger partial charge on any atom is 0.180 e. The SMILES string of the molecule is c1ccc(-c2ccccc2-n2c3cc(-n4c5ccccc5c5c([Si](c6ccccc6)(c6ccccc6)c6ccccc6)cccc54)ccc3c3c(-n4c5ccccc5c5ccccc54)cccc32)cc1. The quantitative estimate of drug-likeness (QED) is 0.107. The van der Waals surface area contributed by atoms with Gasteiger partial charge in [-0.1, -0.05) is 218 Å². The first-order valence-electron chi connectivity index (χ1n) is 24.2. The van der Waals surface area contributed by atoms with Crippen molar-refractivity contribution >= 4 is 94.2 Å². The molecule has 0 atom stereocenters. The average Bonchev–Trinajstić information content (AvgIpc) is 4.08. The highest BCUT2D eigenvalue weighted by Crippen LogP contribution is 2.43. The van der Waals surface area contributed by atoms with Crippen LogP contribution in [0.2, 0.25) is 0 Å². The molecular weight excluding hydrogens is 863 g/mol. The molecule has 3 nitrogen and oxygen atoms in total. The lowest BCUT2D eigenvalue weighted by atomic mass is 10.0. The standard InChI is InChI=1S/C66H45N3Si/c1-5-23-46(24-6-1)51-31-13-17-35-56(51)69-61-40-21-39-60(68-57-36-18-14-32-52(57)53-33-15-19-37-58(53)68)65(61)55-44-43-47(45-63(55)69)67-59-38-20-16-34-54(59)66-62(67)41-22-42-64(66)70(48-25-7-2-8-26-48,49-27-9-3-10-28-49)50-29-11-4-12-30-50/h1-45H. The Hall–Kier alpha value is -8.96. The third kappa shape index (κ3) is 5.87. The molecule has 0 N–H and O–H groups in total. The summed E-state index contributed by atoms with van der Waals surface area (Å²) in [7, 11) is -2.92. The predicted molar refractivity (Wildman–Crippen MR) is 299 cm³/mol. The molecule has 328 valence electrons. The lowest BCUT2D eigenvalue weighted by molar-refractivity contribution is 1.15. The second-order valence-corrected chi connectivity index (χ2v) is 22.1. The largest absolute Gasteiger partial charge is 0.309 e. The summed E-state index contributed by atoms with van der Waals surface area (Å²) >= 11 is 0. The number of hydrogen-bond donors (Lipinski definition) is 0. The van der Waals surface area contributed by atoms with Crippen molar-refractivity contribution in [1.82, 2.24) is 13.7 Å². The molecule has 70 heavy (non-hydrogen) atoms. The highest BCUT2D eigenvalue weighted by molar-refractivity contribution is 7.20. The third-order valence-corrected chi connectivity index (χ3v) is 19.6.